The number of hydrogen-bond donors (Lipinski definition) is 0. The van der Waals surface area contributed by atoms with Gasteiger partial charge in [0, 0.05) is 22.3 Å². The maximum absolute atomic E-state index is 3.36. The molecule has 0 saturated heterocycles. The zero-order valence-electron chi connectivity index (χ0n) is 17.6. The Morgan fingerprint density at radius 2 is 0.714 bits per heavy atom. The van der Waals surface area contributed by atoms with Crippen LogP contribution in [0, 0.1) is 65.2 Å². The molecule has 0 N–H and O–H groups in total. The summed E-state index contributed by atoms with van der Waals surface area (Å²) >= 11 is 0. The van der Waals surface area contributed by atoms with Crippen LogP contribution in [-0.2, 0) is 0 Å². The maximum atomic E-state index is 3.36. The van der Waals surface area contributed by atoms with Crippen LogP contribution in [-0.4, -0.2) is 0 Å². The fourth-order valence-electron chi connectivity index (χ4n) is 3.10. The number of rotatable bonds is 0. The zero-order valence-corrected chi connectivity index (χ0v) is 17.6. The van der Waals surface area contributed by atoms with Crippen molar-refractivity contribution >= 4 is 0 Å². The van der Waals surface area contributed by atoms with Gasteiger partial charge in [-0.25, -0.2) is 0 Å². The lowest BCUT2D eigenvalue weighted by atomic mass is 9.99. The molecule has 0 unspecified atom stereocenters. The van der Waals surface area contributed by atoms with Gasteiger partial charge in [-0.3, -0.25) is 0 Å². The second-order valence-corrected chi connectivity index (χ2v) is 7.62. The average Bonchev–Trinajstić information content (AvgIpc) is 2.66. The van der Waals surface area contributed by atoms with E-state index in [-0.39, 0.29) is 0 Å². The standard InChI is InChI=1S/C28H26/c1-19-7-9-21(3)25(15-19)11-13-27-17-24(6)28(18-23(27)5)14-12-26-16-20(2)8-10-22(26)4/h7-10,15-18H,1-6H3. The van der Waals surface area contributed by atoms with Crippen LogP contribution in [0.4, 0.5) is 0 Å². The van der Waals surface area contributed by atoms with E-state index < -0.39 is 0 Å². The summed E-state index contributed by atoms with van der Waals surface area (Å²) in [6.45, 7) is 12.6. The number of benzene rings is 3. The monoisotopic (exact) mass is 362 g/mol. The molecule has 3 aromatic rings. The van der Waals surface area contributed by atoms with Gasteiger partial charge in [-0.1, -0.05) is 47.9 Å². The molecule has 138 valence electrons. The van der Waals surface area contributed by atoms with Gasteiger partial charge in [0.2, 0.25) is 0 Å². The summed E-state index contributed by atoms with van der Waals surface area (Å²) in [5.41, 5.74) is 11.5. The van der Waals surface area contributed by atoms with Crippen molar-refractivity contribution in [2.45, 2.75) is 41.5 Å². The first-order valence-electron chi connectivity index (χ1n) is 9.63. The van der Waals surface area contributed by atoms with Gasteiger partial charge >= 0.3 is 0 Å². The first-order valence-corrected chi connectivity index (χ1v) is 9.63. The molecular weight excluding hydrogens is 336 g/mol. The van der Waals surface area contributed by atoms with E-state index in [4.69, 9.17) is 0 Å². The van der Waals surface area contributed by atoms with E-state index in [0.29, 0.717) is 0 Å². The molecule has 0 aromatic heterocycles. The summed E-state index contributed by atoms with van der Waals surface area (Å²) in [4.78, 5) is 0. The van der Waals surface area contributed by atoms with Crippen molar-refractivity contribution in [1.82, 2.24) is 0 Å². The fraction of sp³-hybridized carbons (Fsp3) is 0.214. The predicted octanol–water partition coefficient (Wildman–Crippen LogP) is 6.34. The molecular formula is C28H26. The Bertz CT molecular complexity index is 1070. The predicted molar refractivity (Wildman–Crippen MR) is 120 cm³/mol. The van der Waals surface area contributed by atoms with E-state index >= 15 is 0 Å². The van der Waals surface area contributed by atoms with Gasteiger partial charge in [-0.2, -0.15) is 0 Å². The molecule has 0 aliphatic heterocycles. The lowest BCUT2D eigenvalue weighted by molar-refractivity contribution is 1.34. The molecule has 0 atom stereocenters. The molecule has 0 heterocycles. The van der Waals surface area contributed by atoms with Crippen molar-refractivity contribution in [3.05, 3.63) is 104 Å². The van der Waals surface area contributed by atoms with Crippen molar-refractivity contribution in [2.75, 3.05) is 0 Å². The Balaban J connectivity index is 1.95. The molecule has 0 fully saturated rings. The molecule has 0 heteroatoms. The van der Waals surface area contributed by atoms with Crippen LogP contribution >= 0.6 is 0 Å². The Morgan fingerprint density at radius 3 is 1.07 bits per heavy atom. The minimum absolute atomic E-state index is 1.07. The first-order chi connectivity index (χ1) is 13.3. The minimum Gasteiger partial charge on any atom is -0.0614 e. The lowest BCUT2D eigenvalue weighted by Gasteiger charge is -2.05. The van der Waals surface area contributed by atoms with Crippen molar-refractivity contribution in [1.29, 1.82) is 0 Å². The van der Waals surface area contributed by atoms with Crippen molar-refractivity contribution in [2.24, 2.45) is 0 Å². The van der Waals surface area contributed by atoms with Gasteiger partial charge in [-0.15, -0.1) is 0 Å². The second kappa shape index (κ2) is 8.21. The summed E-state index contributed by atoms with van der Waals surface area (Å²) < 4.78 is 0. The van der Waals surface area contributed by atoms with Gasteiger partial charge in [-0.05, 0) is 99.2 Å². The smallest absolute Gasteiger partial charge is 0.0281 e. The summed E-state index contributed by atoms with van der Waals surface area (Å²) in [5.74, 6) is 13.4. The molecule has 0 spiro atoms. The molecule has 0 aliphatic rings. The van der Waals surface area contributed by atoms with Gasteiger partial charge in [0.25, 0.3) is 0 Å². The maximum Gasteiger partial charge on any atom is 0.0281 e. The molecule has 0 nitrogen and oxygen atoms in total. The Labute approximate surface area is 169 Å². The highest BCUT2D eigenvalue weighted by Gasteiger charge is 2.02. The van der Waals surface area contributed by atoms with Gasteiger partial charge in [0.15, 0.2) is 0 Å². The van der Waals surface area contributed by atoms with Crippen LogP contribution in [0.15, 0.2) is 48.5 Å². The molecule has 0 amide bonds. The van der Waals surface area contributed by atoms with E-state index in [1.165, 1.54) is 22.3 Å². The van der Waals surface area contributed by atoms with Crippen LogP contribution in [0.3, 0.4) is 0 Å². The third-order valence-corrected chi connectivity index (χ3v) is 5.02. The largest absolute Gasteiger partial charge is 0.0614 e. The molecule has 3 aromatic carbocycles. The normalized spacial score (nSPS) is 9.93. The zero-order chi connectivity index (χ0) is 20.3. The molecule has 0 aliphatic carbocycles. The summed E-state index contributed by atoms with van der Waals surface area (Å²) in [6.07, 6.45) is 0. The highest BCUT2D eigenvalue weighted by molar-refractivity contribution is 5.56. The van der Waals surface area contributed by atoms with Crippen LogP contribution in [0.2, 0.25) is 0 Å². The molecule has 3 rings (SSSR count). The van der Waals surface area contributed by atoms with Crippen molar-refractivity contribution in [3.63, 3.8) is 0 Å². The van der Waals surface area contributed by atoms with E-state index in [2.05, 4.69) is 114 Å². The van der Waals surface area contributed by atoms with Crippen LogP contribution in [0.5, 0.6) is 0 Å². The van der Waals surface area contributed by atoms with Crippen LogP contribution in [0.25, 0.3) is 0 Å². The minimum atomic E-state index is 1.07. The van der Waals surface area contributed by atoms with E-state index in [0.717, 1.165) is 33.4 Å². The molecule has 0 radical (unpaired) electrons. The van der Waals surface area contributed by atoms with E-state index in [1.807, 2.05) is 0 Å². The third kappa shape index (κ3) is 4.54. The Kier molecular flexibility index (Phi) is 5.73. The van der Waals surface area contributed by atoms with Crippen LogP contribution in [0.1, 0.15) is 55.6 Å². The van der Waals surface area contributed by atoms with Crippen molar-refractivity contribution < 1.29 is 0 Å². The highest BCUT2D eigenvalue weighted by atomic mass is 14.1. The summed E-state index contributed by atoms with van der Waals surface area (Å²) in [6, 6.07) is 17.1. The van der Waals surface area contributed by atoms with E-state index in [1.54, 1.807) is 0 Å². The van der Waals surface area contributed by atoms with Gasteiger partial charge in [0.1, 0.15) is 0 Å². The average molecular weight is 363 g/mol. The van der Waals surface area contributed by atoms with E-state index in [9.17, 15) is 0 Å². The van der Waals surface area contributed by atoms with Crippen LogP contribution < -0.4 is 0 Å². The lowest BCUT2D eigenvalue weighted by Crippen LogP contribution is -1.91. The summed E-state index contributed by atoms with van der Waals surface area (Å²) in [7, 11) is 0. The Morgan fingerprint density at radius 1 is 0.393 bits per heavy atom. The molecule has 0 saturated carbocycles. The Hall–Kier alpha value is -3.22. The van der Waals surface area contributed by atoms with Gasteiger partial charge in [0.05, 0.1) is 0 Å². The molecule has 28 heavy (non-hydrogen) atoms. The second-order valence-electron chi connectivity index (χ2n) is 7.62. The highest BCUT2D eigenvalue weighted by Crippen LogP contribution is 2.16. The quantitative estimate of drug-likeness (QED) is 0.410. The third-order valence-electron chi connectivity index (χ3n) is 5.02. The SMILES string of the molecule is Cc1ccc(C)c(C#Cc2cc(C)c(C#Cc3cc(C)ccc3C)cc2C)c1. The fourth-order valence-corrected chi connectivity index (χ4v) is 3.10. The topological polar surface area (TPSA) is 0 Å². The summed E-state index contributed by atoms with van der Waals surface area (Å²) in [5, 5.41) is 0. The first kappa shape index (κ1) is 19.5. The van der Waals surface area contributed by atoms with Crippen molar-refractivity contribution in [3.8, 4) is 23.7 Å². The van der Waals surface area contributed by atoms with Gasteiger partial charge < -0.3 is 0 Å². The molecule has 0 bridgehead atoms. The number of hydrogen-bond acceptors (Lipinski definition) is 0. The number of aryl methyl sites for hydroxylation is 6.